The number of furan rings is 1. The molecule has 0 aliphatic rings. The fourth-order valence-electron chi connectivity index (χ4n) is 3.22. The minimum Gasteiger partial charge on any atom is -0.496 e. The Balaban J connectivity index is 1.76. The van der Waals surface area contributed by atoms with Gasteiger partial charge in [0.05, 0.1) is 33.4 Å². The molecule has 0 unspecified atom stereocenters. The molecule has 2 aromatic carbocycles. The summed E-state index contributed by atoms with van der Waals surface area (Å²) in [6.45, 7) is 0. The van der Waals surface area contributed by atoms with Gasteiger partial charge in [0.2, 0.25) is 5.82 Å². The molecule has 30 heavy (non-hydrogen) atoms. The molecule has 0 bridgehead atoms. The third kappa shape index (κ3) is 3.24. The van der Waals surface area contributed by atoms with Gasteiger partial charge in [-0.3, -0.25) is 4.79 Å². The highest BCUT2D eigenvalue weighted by atomic mass is 79.9. The molecule has 5 aromatic rings. The van der Waals surface area contributed by atoms with E-state index in [2.05, 4.69) is 26.0 Å². The van der Waals surface area contributed by atoms with Crippen LogP contribution in [0.4, 0.5) is 0 Å². The van der Waals surface area contributed by atoms with E-state index in [9.17, 15) is 4.79 Å². The van der Waals surface area contributed by atoms with Gasteiger partial charge in [-0.05, 0) is 58.4 Å². The molecule has 0 atom stereocenters. The van der Waals surface area contributed by atoms with Gasteiger partial charge in [0.1, 0.15) is 11.3 Å². The summed E-state index contributed by atoms with van der Waals surface area (Å²) >= 11 is 4.96. The molecular weight excluding hydrogens is 466 g/mol. The van der Waals surface area contributed by atoms with Gasteiger partial charge >= 0.3 is 0 Å². The average Bonchev–Trinajstić information content (AvgIpc) is 3.38. The molecule has 0 fully saturated rings. The molecular formula is C22H14BrN3O3S. The summed E-state index contributed by atoms with van der Waals surface area (Å²) in [6, 6.07) is 18.4. The van der Waals surface area contributed by atoms with Gasteiger partial charge in [-0.25, -0.2) is 4.98 Å². The Hall–Kier alpha value is -3.23. The van der Waals surface area contributed by atoms with E-state index >= 15 is 0 Å². The number of fused-ring (bicyclic) bond motifs is 2. The average molecular weight is 480 g/mol. The number of methoxy groups -OCH3 is 1. The molecule has 0 aliphatic heterocycles. The summed E-state index contributed by atoms with van der Waals surface area (Å²) in [7, 11) is 1.61. The number of para-hydroxylation sites is 1. The summed E-state index contributed by atoms with van der Waals surface area (Å²) in [6.07, 6.45) is 1.64. The minimum absolute atomic E-state index is 0.269. The van der Waals surface area contributed by atoms with Crippen LogP contribution in [0.3, 0.4) is 0 Å². The summed E-state index contributed by atoms with van der Waals surface area (Å²) in [5, 5.41) is 5.73. The molecule has 6 nitrogen and oxygen atoms in total. The van der Waals surface area contributed by atoms with Crippen molar-refractivity contribution in [3.8, 4) is 17.3 Å². The molecule has 3 aromatic heterocycles. The Morgan fingerprint density at radius 1 is 1.13 bits per heavy atom. The van der Waals surface area contributed by atoms with Crippen LogP contribution < -0.4 is 10.3 Å². The van der Waals surface area contributed by atoms with E-state index in [0.29, 0.717) is 33.8 Å². The number of aromatic nitrogens is 2. The molecule has 148 valence electrons. The standard InChI is InChI=1S/C22H14BrN3O3S/c1-28-17-7-4-8-18-15(17)11-19(29-18)21-25-16-6-3-2-5-14(16)22(27)26(21)24-12-13-9-10-20(23)30-13/h2-12H,1H3. The second-order valence-corrected chi connectivity index (χ2v) is 8.93. The van der Waals surface area contributed by atoms with Crippen LogP contribution in [0.2, 0.25) is 0 Å². The minimum atomic E-state index is -0.269. The van der Waals surface area contributed by atoms with Crippen LogP contribution in [0.5, 0.6) is 5.75 Å². The second kappa shape index (κ2) is 7.55. The lowest BCUT2D eigenvalue weighted by atomic mass is 10.2. The number of thiophene rings is 1. The van der Waals surface area contributed by atoms with E-state index in [-0.39, 0.29) is 5.56 Å². The SMILES string of the molecule is COc1cccc2oc(-c3nc4ccccc4c(=O)n3N=Cc3ccc(Br)s3)cc12. The summed E-state index contributed by atoms with van der Waals surface area (Å²) in [5.74, 6) is 1.44. The molecule has 0 amide bonds. The highest BCUT2D eigenvalue weighted by Crippen LogP contribution is 2.32. The monoisotopic (exact) mass is 479 g/mol. The molecule has 0 spiro atoms. The van der Waals surface area contributed by atoms with Crippen molar-refractivity contribution in [1.82, 2.24) is 9.66 Å². The zero-order valence-electron chi connectivity index (χ0n) is 15.7. The first-order valence-electron chi connectivity index (χ1n) is 9.02. The Labute approximate surface area is 183 Å². The van der Waals surface area contributed by atoms with Crippen LogP contribution >= 0.6 is 27.3 Å². The first-order valence-corrected chi connectivity index (χ1v) is 10.6. The van der Waals surface area contributed by atoms with Crippen LogP contribution in [-0.4, -0.2) is 23.0 Å². The number of benzene rings is 2. The lowest BCUT2D eigenvalue weighted by molar-refractivity contribution is 0.419. The molecule has 8 heteroatoms. The van der Waals surface area contributed by atoms with Crippen LogP contribution in [0.1, 0.15) is 4.88 Å². The fourth-order valence-corrected chi connectivity index (χ4v) is 4.52. The normalized spacial score (nSPS) is 11.7. The van der Waals surface area contributed by atoms with Crippen LogP contribution in [0, 0.1) is 0 Å². The van der Waals surface area contributed by atoms with Crippen molar-refractivity contribution in [2.75, 3.05) is 7.11 Å². The van der Waals surface area contributed by atoms with E-state index in [1.807, 2.05) is 48.5 Å². The number of rotatable bonds is 4. The predicted octanol–water partition coefficient (Wildman–Crippen LogP) is 5.52. The predicted molar refractivity (Wildman–Crippen MR) is 123 cm³/mol. The summed E-state index contributed by atoms with van der Waals surface area (Å²) in [4.78, 5) is 18.8. The van der Waals surface area contributed by atoms with Crippen LogP contribution in [0.25, 0.3) is 33.5 Å². The fraction of sp³-hybridized carbons (Fsp3) is 0.0455. The van der Waals surface area contributed by atoms with Gasteiger partial charge in [-0.2, -0.15) is 9.78 Å². The Bertz CT molecular complexity index is 1480. The third-order valence-corrected chi connectivity index (χ3v) is 6.17. The van der Waals surface area contributed by atoms with E-state index in [0.717, 1.165) is 14.0 Å². The van der Waals surface area contributed by atoms with Gasteiger partial charge in [0, 0.05) is 4.88 Å². The molecule has 0 saturated heterocycles. The first-order chi connectivity index (χ1) is 14.6. The van der Waals surface area contributed by atoms with Crippen molar-refractivity contribution in [2.24, 2.45) is 5.10 Å². The maximum atomic E-state index is 13.2. The smallest absolute Gasteiger partial charge is 0.282 e. The van der Waals surface area contributed by atoms with Crippen molar-refractivity contribution in [3.05, 3.63) is 79.7 Å². The summed E-state index contributed by atoms with van der Waals surface area (Å²) in [5.41, 5.74) is 0.953. The third-order valence-electron chi connectivity index (χ3n) is 4.61. The van der Waals surface area contributed by atoms with Gasteiger partial charge in [0.25, 0.3) is 5.56 Å². The molecule has 0 radical (unpaired) electrons. The van der Waals surface area contributed by atoms with Crippen molar-refractivity contribution in [3.63, 3.8) is 0 Å². The highest BCUT2D eigenvalue weighted by molar-refractivity contribution is 9.11. The Kier molecular flexibility index (Phi) is 4.72. The lowest BCUT2D eigenvalue weighted by Crippen LogP contribution is -2.20. The number of halogens is 1. The van der Waals surface area contributed by atoms with Crippen molar-refractivity contribution in [2.45, 2.75) is 0 Å². The molecule has 3 heterocycles. The van der Waals surface area contributed by atoms with Crippen LogP contribution in [-0.2, 0) is 0 Å². The van der Waals surface area contributed by atoms with E-state index < -0.39 is 0 Å². The van der Waals surface area contributed by atoms with Crippen LogP contribution in [0.15, 0.2) is 78.8 Å². The first kappa shape index (κ1) is 18.8. The largest absolute Gasteiger partial charge is 0.496 e. The number of nitrogens with zero attached hydrogens (tertiary/aromatic N) is 3. The van der Waals surface area contributed by atoms with Gasteiger partial charge in [-0.15, -0.1) is 11.3 Å². The van der Waals surface area contributed by atoms with E-state index in [1.54, 1.807) is 25.5 Å². The topological polar surface area (TPSA) is 69.6 Å². The highest BCUT2D eigenvalue weighted by Gasteiger charge is 2.17. The molecule has 0 saturated carbocycles. The maximum absolute atomic E-state index is 13.2. The van der Waals surface area contributed by atoms with Gasteiger partial charge in [0.15, 0.2) is 5.76 Å². The second-order valence-electron chi connectivity index (χ2n) is 6.44. The van der Waals surface area contributed by atoms with Crippen molar-refractivity contribution < 1.29 is 9.15 Å². The zero-order chi connectivity index (χ0) is 20.7. The van der Waals surface area contributed by atoms with E-state index in [1.165, 1.54) is 16.0 Å². The Morgan fingerprint density at radius 2 is 2.00 bits per heavy atom. The van der Waals surface area contributed by atoms with Crippen molar-refractivity contribution in [1.29, 1.82) is 0 Å². The quantitative estimate of drug-likeness (QED) is 0.318. The Morgan fingerprint density at radius 3 is 2.80 bits per heavy atom. The molecule has 0 N–H and O–H groups in total. The lowest BCUT2D eigenvalue weighted by Gasteiger charge is -2.06. The summed E-state index contributed by atoms with van der Waals surface area (Å²) < 4.78 is 13.7. The van der Waals surface area contributed by atoms with Gasteiger partial charge < -0.3 is 9.15 Å². The van der Waals surface area contributed by atoms with Gasteiger partial charge in [-0.1, -0.05) is 18.2 Å². The van der Waals surface area contributed by atoms with E-state index in [4.69, 9.17) is 9.15 Å². The maximum Gasteiger partial charge on any atom is 0.282 e. The zero-order valence-corrected chi connectivity index (χ0v) is 18.1. The molecule has 0 aliphatic carbocycles. The number of hydrogen-bond acceptors (Lipinski definition) is 6. The number of hydrogen-bond donors (Lipinski definition) is 0. The number of ether oxygens (including phenoxy) is 1. The molecule has 5 rings (SSSR count). The van der Waals surface area contributed by atoms with Crippen molar-refractivity contribution >= 4 is 55.4 Å².